The highest BCUT2D eigenvalue weighted by molar-refractivity contribution is 5.46. The van der Waals surface area contributed by atoms with Gasteiger partial charge in [0.15, 0.2) is 0 Å². The fourth-order valence-electron chi connectivity index (χ4n) is 3.62. The number of hydrogen-bond acceptors (Lipinski definition) is 1. The molecule has 1 saturated heterocycles. The SMILES string of the molecule is CCN1CCCC2(C)C1=CCc1ccccc12. The normalized spacial score (nSPS) is 27.2. The second-order valence-electron chi connectivity index (χ2n) is 5.47. The first kappa shape index (κ1) is 10.9. The van der Waals surface area contributed by atoms with E-state index >= 15 is 0 Å². The summed E-state index contributed by atoms with van der Waals surface area (Å²) in [5, 5.41) is 0. The van der Waals surface area contributed by atoms with E-state index in [1.54, 1.807) is 11.3 Å². The predicted molar refractivity (Wildman–Crippen MR) is 72.1 cm³/mol. The predicted octanol–water partition coefficient (Wildman–Crippen LogP) is 3.50. The summed E-state index contributed by atoms with van der Waals surface area (Å²) in [6, 6.07) is 8.99. The number of benzene rings is 1. The van der Waals surface area contributed by atoms with E-state index in [0.29, 0.717) is 0 Å². The molecular weight excluding hydrogens is 206 g/mol. The molecule has 1 atom stereocenters. The zero-order chi connectivity index (χ0) is 11.9. The monoisotopic (exact) mass is 227 g/mol. The Kier molecular flexibility index (Phi) is 2.50. The Balaban J connectivity index is 2.10. The highest BCUT2D eigenvalue weighted by Crippen LogP contribution is 2.45. The molecule has 1 aliphatic heterocycles. The smallest absolute Gasteiger partial charge is 0.0324 e. The van der Waals surface area contributed by atoms with Crippen molar-refractivity contribution in [3.05, 3.63) is 47.2 Å². The number of rotatable bonds is 1. The van der Waals surface area contributed by atoms with Crippen molar-refractivity contribution in [1.82, 2.24) is 4.90 Å². The number of likely N-dealkylation sites (tertiary alicyclic amines) is 1. The van der Waals surface area contributed by atoms with Crippen LogP contribution in [0.5, 0.6) is 0 Å². The van der Waals surface area contributed by atoms with Gasteiger partial charge in [-0.15, -0.1) is 0 Å². The molecule has 1 heterocycles. The Morgan fingerprint density at radius 1 is 1.29 bits per heavy atom. The molecule has 1 aromatic rings. The third-order valence-electron chi connectivity index (χ3n) is 4.52. The molecule has 0 saturated carbocycles. The van der Waals surface area contributed by atoms with Crippen LogP contribution in [0.2, 0.25) is 0 Å². The highest BCUT2D eigenvalue weighted by Gasteiger charge is 2.39. The number of fused-ring (bicyclic) bond motifs is 3. The van der Waals surface area contributed by atoms with Gasteiger partial charge in [-0.25, -0.2) is 0 Å². The van der Waals surface area contributed by atoms with Crippen LogP contribution in [0.4, 0.5) is 0 Å². The van der Waals surface area contributed by atoms with Crippen molar-refractivity contribution >= 4 is 0 Å². The van der Waals surface area contributed by atoms with Gasteiger partial charge in [0.1, 0.15) is 0 Å². The first-order chi connectivity index (χ1) is 8.25. The maximum Gasteiger partial charge on any atom is 0.0324 e. The van der Waals surface area contributed by atoms with Gasteiger partial charge in [-0.05, 0) is 44.2 Å². The minimum absolute atomic E-state index is 0.267. The third kappa shape index (κ3) is 1.52. The zero-order valence-electron chi connectivity index (χ0n) is 10.9. The van der Waals surface area contributed by atoms with Crippen LogP contribution >= 0.6 is 0 Å². The van der Waals surface area contributed by atoms with Gasteiger partial charge in [0.2, 0.25) is 0 Å². The van der Waals surface area contributed by atoms with E-state index in [1.165, 1.54) is 24.9 Å². The molecule has 1 unspecified atom stereocenters. The number of allylic oxidation sites excluding steroid dienone is 2. The molecule has 0 amide bonds. The number of piperidine rings is 1. The van der Waals surface area contributed by atoms with Crippen LogP contribution < -0.4 is 0 Å². The second-order valence-corrected chi connectivity index (χ2v) is 5.47. The average molecular weight is 227 g/mol. The number of nitrogens with zero attached hydrogens (tertiary/aromatic N) is 1. The van der Waals surface area contributed by atoms with E-state index in [0.717, 1.165) is 13.0 Å². The Bertz CT molecular complexity index is 460. The van der Waals surface area contributed by atoms with Crippen LogP contribution in [0.25, 0.3) is 0 Å². The summed E-state index contributed by atoms with van der Waals surface area (Å²) >= 11 is 0. The van der Waals surface area contributed by atoms with Crippen LogP contribution in [0.15, 0.2) is 36.0 Å². The lowest BCUT2D eigenvalue weighted by Crippen LogP contribution is -2.43. The first-order valence-electron chi connectivity index (χ1n) is 6.79. The van der Waals surface area contributed by atoms with Gasteiger partial charge in [0.25, 0.3) is 0 Å². The summed E-state index contributed by atoms with van der Waals surface area (Å²) in [5.74, 6) is 0. The lowest BCUT2D eigenvalue weighted by atomic mass is 9.68. The largest absolute Gasteiger partial charge is 0.375 e. The molecule has 0 radical (unpaired) electrons. The summed E-state index contributed by atoms with van der Waals surface area (Å²) in [4.78, 5) is 2.57. The maximum atomic E-state index is 2.57. The van der Waals surface area contributed by atoms with Crippen molar-refractivity contribution in [1.29, 1.82) is 0 Å². The molecule has 2 aliphatic rings. The molecule has 17 heavy (non-hydrogen) atoms. The quantitative estimate of drug-likeness (QED) is 0.709. The molecule has 1 fully saturated rings. The molecule has 0 bridgehead atoms. The van der Waals surface area contributed by atoms with Crippen LogP contribution in [0.1, 0.15) is 37.8 Å². The molecule has 0 spiro atoms. The fraction of sp³-hybridized carbons (Fsp3) is 0.500. The van der Waals surface area contributed by atoms with Gasteiger partial charge >= 0.3 is 0 Å². The molecule has 1 aliphatic carbocycles. The van der Waals surface area contributed by atoms with Gasteiger partial charge in [-0.2, -0.15) is 0 Å². The maximum absolute atomic E-state index is 2.57. The van der Waals surface area contributed by atoms with E-state index in [4.69, 9.17) is 0 Å². The van der Waals surface area contributed by atoms with Gasteiger partial charge in [0, 0.05) is 24.2 Å². The van der Waals surface area contributed by atoms with Crippen molar-refractivity contribution in [2.45, 2.75) is 38.5 Å². The molecule has 3 rings (SSSR count). The topological polar surface area (TPSA) is 3.24 Å². The van der Waals surface area contributed by atoms with Gasteiger partial charge in [0.05, 0.1) is 0 Å². The standard InChI is InChI=1S/C16H21N/c1-3-17-12-6-11-16(2)14-8-5-4-7-13(14)9-10-15(16)17/h4-5,7-8,10H,3,6,9,11-12H2,1-2H3. The van der Waals surface area contributed by atoms with Crippen LogP contribution in [-0.2, 0) is 11.8 Å². The fourth-order valence-corrected chi connectivity index (χ4v) is 3.62. The van der Waals surface area contributed by atoms with Gasteiger partial charge in [-0.1, -0.05) is 30.3 Å². The van der Waals surface area contributed by atoms with Crippen LogP contribution in [0.3, 0.4) is 0 Å². The molecule has 1 heteroatoms. The summed E-state index contributed by atoms with van der Waals surface area (Å²) in [5.41, 5.74) is 4.93. The Morgan fingerprint density at radius 3 is 2.94 bits per heavy atom. The summed E-state index contributed by atoms with van der Waals surface area (Å²) in [7, 11) is 0. The van der Waals surface area contributed by atoms with Crippen molar-refractivity contribution < 1.29 is 0 Å². The number of likely N-dealkylation sites (N-methyl/N-ethyl adjacent to an activating group) is 1. The molecule has 90 valence electrons. The summed E-state index contributed by atoms with van der Waals surface area (Å²) in [6.45, 7) is 7.08. The van der Waals surface area contributed by atoms with E-state index < -0.39 is 0 Å². The Hall–Kier alpha value is -1.24. The van der Waals surface area contributed by atoms with Gasteiger partial charge < -0.3 is 4.90 Å². The van der Waals surface area contributed by atoms with E-state index in [2.05, 4.69) is 49.1 Å². The molecule has 0 N–H and O–H groups in total. The van der Waals surface area contributed by atoms with Crippen LogP contribution in [0, 0.1) is 0 Å². The lowest BCUT2D eigenvalue weighted by Gasteiger charge is -2.47. The van der Waals surface area contributed by atoms with Gasteiger partial charge in [-0.3, -0.25) is 0 Å². The molecule has 1 aromatic carbocycles. The van der Waals surface area contributed by atoms with Crippen molar-refractivity contribution in [3.63, 3.8) is 0 Å². The number of hydrogen-bond donors (Lipinski definition) is 0. The molecule has 0 aromatic heterocycles. The lowest BCUT2D eigenvalue weighted by molar-refractivity contribution is 0.227. The van der Waals surface area contributed by atoms with E-state index in [-0.39, 0.29) is 5.41 Å². The third-order valence-corrected chi connectivity index (χ3v) is 4.52. The van der Waals surface area contributed by atoms with Crippen molar-refractivity contribution in [3.8, 4) is 0 Å². The average Bonchev–Trinajstić information content (AvgIpc) is 2.37. The first-order valence-corrected chi connectivity index (χ1v) is 6.79. The molecular formula is C16H21N. The Morgan fingerprint density at radius 2 is 2.12 bits per heavy atom. The van der Waals surface area contributed by atoms with Crippen LogP contribution in [-0.4, -0.2) is 18.0 Å². The van der Waals surface area contributed by atoms with Crippen molar-refractivity contribution in [2.75, 3.05) is 13.1 Å². The summed E-state index contributed by atoms with van der Waals surface area (Å²) in [6.07, 6.45) is 6.19. The molecule has 1 nitrogen and oxygen atoms in total. The van der Waals surface area contributed by atoms with E-state index in [9.17, 15) is 0 Å². The van der Waals surface area contributed by atoms with E-state index in [1.807, 2.05) is 0 Å². The minimum Gasteiger partial charge on any atom is -0.375 e. The second kappa shape index (κ2) is 3.90. The Labute approximate surface area is 104 Å². The van der Waals surface area contributed by atoms with Crippen molar-refractivity contribution in [2.24, 2.45) is 0 Å². The minimum atomic E-state index is 0.267. The highest BCUT2D eigenvalue weighted by atomic mass is 15.1. The zero-order valence-corrected chi connectivity index (χ0v) is 10.9. The summed E-state index contributed by atoms with van der Waals surface area (Å²) < 4.78 is 0.